The molecule has 0 radical (unpaired) electrons. The molecule has 19 heavy (non-hydrogen) atoms. The van der Waals surface area contributed by atoms with Crippen LogP contribution in [-0.4, -0.2) is 29.2 Å². The molecule has 2 rings (SSSR count). The SMILES string of the molecule is CCNc1cc(NCCC(F)(F)F)nc(C2CC2)n1. The third kappa shape index (κ3) is 4.57. The van der Waals surface area contributed by atoms with Crippen molar-refractivity contribution in [2.75, 3.05) is 23.7 Å². The Hall–Kier alpha value is -1.53. The third-order valence-corrected chi connectivity index (χ3v) is 2.76. The van der Waals surface area contributed by atoms with Crippen molar-refractivity contribution in [3.05, 3.63) is 11.9 Å². The molecule has 0 atom stereocenters. The van der Waals surface area contributed by atoms with Crippen LogP contribution in [0, 0.1) is 0 Å². The lowest BCUT2D eigenvalue weighted by molar-refractivity contribution is -0.131. The minimum absolute atomic E-state index is 0.170. The molecule has 1 heterocycles. The van der Waals surface area contributed by atoms with Crippen LogP contribution >= 0.6 is 0 Å². The van der Waals surface area contributed by atoms with Gasteiger partial charge in [0, 0.05) is 25.1 Å². The van der Waals surface area contributed by atoms with E-state index in [0.717, 1.165) is 12.8 Å². The Kier molecular flexibility index (Phi) is 4.11. The molecule has 0 spiro atoms. The zero-order valence-corrected chi connectivity index (χ0v) is 10.7. The van der Waals surface area contributed by atoms with Gasteiger partial charge in [0.1, 0.15) is 17.5 Å². The molecule has 0 aromatic carbocycles. The Morgan fingerprint density at radius 3 is 2.37 bits per heavy atom. The Morgan fingerprint density at radius 1 is 1.21 bits per heavy atom. The summed E-state index contributed by atoms with van der Waals surface area (Å²) in [6, 6.07) is 1.64. The molecule has 2 N–H and O–H groups in total. The summed E-state index contributed by atoms with van der Waals surface area (Å²) in [6.07, 6.45) is -2.91. The Bertz CT molecular complexity index is 429. The lowest BCUT2D eigenvalue weighted by atomic mass is 10.3. The molecule has 106 valence electrons. The number of aromatic nitrogens is 2. The maximum Gasteiger partial charge on any atom is 0.390 e. The van der Waals surface area contributed by atoms with Gasteiger partial charge in [-0.25, -0.2) is 9.97 Å². The molecule has 0 bridgehead atoms. The predicted molar refractivity (Wildman–Crippen MR) is 67.3 cm³/mol. The van der Waals surface area contributed by atoms with E-state index >= 15 is 0 Å². The van der Waals surface area contributed by atoms with E-state index in [1.807, 2.05) is 6.92 Å². The van der Waals surface area contributed by atoms with Gasteiger partial charge in [0.2, 0.25) is 0 Å². The van der Waals surface area contributed by atoms with Crippen molar-refractivity contribution in [1.29, 1.82) is 0 Å². The van der Waals surface area contributed by atoms with Crippen LogP contribution in [0.4, 0.5) is 24.8 Å². The fourth-order valence-electron chi connectivity index (χ4n) is 1.68. The summed E-state index contributed by atoms with van der Waals surface area (Å²) in [5.41, 5.74) is 0. The lowest BCUT2D eigenvalue weighted by Gasteiger charge is -2.11. The van der Waals surface area contributed by atoms with E-state index in [2.05, 4.69) is 20.6 Å². The molecule has 1 aromatic rings. The van der Waals surface area contributed by atoms with E-state index < -0.39 is 12.6 Å². The molecule has 0 unspecified atom stereocenters. The van der Waals surface area contributed by atoms with Crippen molar-refractivity contribution in [2.24, 2.45) is 0 Å². The van der Waals surface area contributed by atoms with Crippen LogP contribution in [0.15, 0.2) is 6.07 Å². The largest absolute Gasteiger partial charge is 0.390 e. The summed E-state index contributed by atoms with van der Waals surface area (Å²) in [7, 11) is 0. The number of hydrogen-bond donors (Lipinski definition) is 2. The molecule has 0 saturated heterocycles. The van der Waals surface area contributed by atoms with Crippen LogP contribution in [-0.2, 0) is 0 Å². The molecule has 1 aliphatic carbocycles. The zero-order valence-electron chi connectivity index (χ0n) is 10.7. The van der Waals surface area contributed by atoms with Crippen molar-refractivity contribution < 1.29 is 13.2 Å². The van der Waals surface area contributed by atoms with Crippen molar-refractivity contribution in [3.8, 4) is 0 Å². The molecule has 1 aromatic heterocycles. The summed E-state index contributed by atoms with van der Waals surface area (Å²) in [5.74, 6) is 2.20. The summed E-state index contributed by atoms with van der Waals surface area (Å²) < 4.78 is 36.3. The predicted octanol–water partition coefficient (Wildman–Crippen LogP) is 3.15. The summed E-state index contributed by atoms with van der Waals surface area (Å²) >= 11 is 0. The summed E-state index contributed by atoms with van der Waals surface area (Å²) in [4.78, 5) is 8.63. The van der Waals surface area contributed by atoms with E-state index in [4.69, 9.17) is 0 Å². The van der Waals surface area contributed by atoms with Crippen LogP contribution in [0.5, 0.6) is 0 Å². The van der Waals surface area contributed by atoms with Gasteiger partial charge in [0.05, 0.1) is 6.42 Å². The van der Waals surface area contributed by atoms with E-state index in [0.29, 0.717) is 29.9 Å². The van der Waals surface area contributed by atoms with Crippen LogP contribution in [0.25, 0.3) is 0 Å². The highest BCUT2D eigenvalue weighted by molar-refractivity contribution is 5.48. The highest BCUT2D eigenvalue weighted by Crippen LogP contribution is 2.38. The Balaban J connectivity index is 2.01. The number of nitrogens with zero attached hydrogens (tertiary/aromatic N) is 2. The standard InChI is InChI=1S/C12H17F3N4/c1-2-16-9-7-10(17-6-5-12(13,14)15)19-11(18-9)8-3-4-8/h7-8H,2-6H2,1H3,(H2,16,17,18,19). The minimum atomic E-state index is -4.15. The number of rotatable bonds is 6. The molecular weight excluding hydrogens is 257 g/mol. The highest BCUT2D eigenvalue weighted by Gasteiger charge is 2.28. The van der Waals surface area contributed by atoms with Crippen LogP contribution < -0.4 is 10.6 Å². The van der Waals surface area contributed by atoms with Gasteiger partial charge >= 0.3 is 6.18 Å². The first-order chi connectivity index (χ1) is 8.98. The molecule has 1 saturated carbocycles. The molecule has 1 aliphatic rings. The quantitative estimate of drug-likeness (QED) is 0.836. The fourth-order valence-corrected chi connectivity index (χ4v) is 1.68. The Morgan fingerprint density at radius 2 is 1.84 bits per heavy atom. The average molecular weight is 274 g/mol. The van der Waals surface area contributed by atoms with Gasteiger partial charge in [-0.2, -0.15) is 13.2 Å². The first kappa shape index (κ1) is 13.9. The van der Waals surface area contributed by atoms with E-state index in [9.17, 15) is 13.2 Å². The number of anilines is 2. The van der Waals surface area contributed by atoms with Crippen LogP contribution in [0.3, 0.4) is 0 Å². The van der Waals surface area contributed by atoms with Gasteiger partial charge in [-0.3, -0.25) is 0 Å². The molecular formula is C12H17F3N4. The van der Waals surface area contributed by atoms with Crippen molar-refractivity contribution in [1.82, 2.24) is 9.97 Å². The fraction of sp³-hybridized carbons (Fsp3) is 0.667. The first-order valence-corrected chi connectivity index (χ1v) is 6.41. The lowest BCUT2D eigenvalue weighted by Crippen LogP contribution is -2.16. The van der Waals surface area contributed by atoms with Gasteiger partial charge in [-0.15, -0.1) is 0 Å². The molecule has 0 amide bonds. The zero-order chi connectivity index (χ0) is 13.9. The Labute approximate surface area is 109 Å². The van der Waals surface area contributed by atoms with Gasteiger partial charge < -0.3 is 10.6 Å². The summed E-state index contributed by atoms with van der Waals surface area (Å²) in [5, 5.41) is 5.78. The maximum atomic E-state index is 12.1. The minimum Gasteiger partial charge on any atom is -0.370 e. The monoisotopic (exact) mass is 274 g/mol. The second kappa shape index (κ2) is 5.63. The highest BCUT2D eigenvalue weighted by atomic mass is 19.4. The van der Waals surface area contributed by atoms with Gasteiger partial charge in [-0.05, 0) is 19.8 Å². The van der Waals surface area contributed by atoms with Crippen molar-refractivity contribution in [3.63, 3.8) is 0 Å². The third-order valence-electron chi connectivity index (χ3n) is 2.76. The summed E-state index contributed by atoms with van der Waals surface area (Å²) in [6.45, 7) is 2.48. The second-order valence-electron chi connectivity index (χ2n) is 4.59. The topological polar surface area (TPSA) is 49.8 Å². The van der Waals surface area contributed by atoms with Crippen LogP contribution in [0.2, 0.25) is 0 Å². The normalized spacial score (nSPS) is 15.4. The second-order valence-corrected chi connectivity index (χ2v) is 4.59. The van der Waals surface area contributed by atoms with Crippen LogP contribution in [0.1, 0.15) is 37.9 Å². The first-order valence-electron chi connectivity index (χ1n) is 6.41. The van der Waals surface area contributed by atoms with Gasteiger partial charge in [0.15, 0.2) is 0 Å². The molecule has 4 nitrogen and oxygen atoms in total. The average Bonchev–Trinajstić information content (AvgIpc) is 3.11. The molecule has 1 fully saturated rings. The number of alkyl halides is 3. The van der Waals surface area contributed by atoms with Crippen molar-refractivity contribution in [2.45, 2.75) is 38.3 Å². The molecule has 0 aliphatic heterocycles. The molecule has 7 heteroatoms. The van der Waals surface area contributed by atoms with Gasteiger partial charge in [-0.1, -0.05) is 0 Å². The van der Waals surface area contributed by atoms with E-state index in [-0.39, 0.29) is 6.54 Å². The van der Waals surface area contributed by atoms with Crippen molar-refractivity contribution >= 4 is 11.6 Å². The van der Waals surface area contributed by atoms with E-state index in [1.54, 1.807) is 6.07 Å². The maximum absolute atomic E-state index is 12.1. The number of nitrogens with one attached hydrogen (secondary N) is 2. The van der Waals surface area contributed by atoms with Gasteiger partial charge in [0.25, 0.3) is 0 Å². The smallest absolute Gasteiger partial charge is 0.370 e. The van der Waals surface area contributed by atoms with E-state index in [1.165, 1.54) is 0 Å². The number of halogens is 3. The number of hydrogen-bond acceptors (Lipinski definition) is 4.